The van der Waals surface area contributed by atoms with E-state index in [9.17, 15) is 9.59 Å². The molecule has 0 aliphatic rings. The van der Waals surface area contributed by atoms with Gasteiger partial charge in [-0.15, -0.1) is 0 Å². The van der Waals surface area contributed by atoms with Crippen LogP contribution in [0.15, 0.2) is 60.7 Å². The molecule has 1 atom stereocenters. The molecule has 0 radical (unpaired) electrons. The molecule has 0 fully saturated rings. The van der Waals surface area contributed by atoms with Gasteiger partial charge >= 0.3 is 0 Å². The van der Waals surface area contributed by atoms with Gasteiger partial charge in [0.2, 0.25) is 11.8 Å². The van der Waals surface area contributed by atoms with Crippen LogP contribution in [0.3, 0.4) is 0 Å². The number of aryl methyl sites for hydroxylation is 1. The van der Waals surface area contributed by atoms with Gasteiger partial charge in [0, 0.05) is 19.5 Å². The highest BCUT2D eigenvalue weighted by Gasteiger charge is 2.28. The molecule has 0 bridgehead atoms. The van der Waals surface area contributed by atoms with Gasteiger partial charge in [0.25, 0.3) is 0 Å². The third kappa shape index (κ3) is 6.84. The second-order valence-corrected chi connectivity index (χ2v) is 7.56. The molecule has 0 aliphatic heterocycles. The van der Waals surface area contributed by atoms with Gasteiger partial charge in [-0.3, -0.25) is 9.59 Å². The third-order valence-electron chi connectivity index (χ3n) is 4.74. The fourth-order valence-electron chi connectivity index (χ4n) is 3.16. The molecular formula is C24H32N2O2. The van der Waals surface area contributed by atoms with Crippen LogP contribution in [-0.2, 0) is 22.6 Å². The number of hydrogen-bond donors (Lipinski definition) is 1. The van der Waals surface area contributed by atoms with Crippen molar-refractivity contribution in [3.63, 3.8) is 0 Å². The monoisotopic (exact) mass is 380 g/mol. The lowest BCUT2D eigenvalue weighted by molar-refractivity contribution is -0.141. The van der Waals surface area contributed by atoms with Gasteiger partial charge in [0.15, 0.2) is 0 Å². The lowest BCUT2D eigenvalue weighted by Gasteiger charge is -2.31. The van der Waals surface area contributed by atoms with Gasteiger partial charge in [0.05, 0.1) is 0 Å². The Labute approximate surface area is 169 Å². The summed E-state index contributed by atoms with van der Waals surface area (Å²) < 4.78 is 0. The Morgan fingerprint density at radius 2 is 1.50 bits per heavy atom. The summed E-state index contributed by atoms with van der Waals surface area (Å²) in [7, 11) is 0. The van der Waals surface area contributed by atoms with Crippen LogP contribution < -0.4 is 5.32 Å². The van der Waals surface area contributed by atoms with Crippen molar-refractivity contribution in [2.24, 2.45) is 5.92 Å². The lowest BCUT2D eigenvalue weighted by atomic mass is 10.1. The van der Waals surface area contributed by atoms with Crippen LogP contribution in [0.4, 0.5) is 0 Å². The summed E-state index contributed by atoms with van der Waals surface area (Å²) in [6.07, 6.45) is 1.66. The highest BCUT2D eigenvalue weighted by atomic mass is 16.2. The average molecular weight is 381 g/mol. The van der Waals surface area contributed by atoms with Crippen LogP contribution in [-0.4, -0.2) is 29.3 Å². The smallest absolute Gasteiger partial charge is 0.242 e. The van der Waals surface area contributed by atoms with Crippen molar-refractivity contribution in [1.82, 2.24) is 10.2 Å². The number of rotatable bonds is 10. The minimum absolute atomic E-state index is 0.0132. The van der Waals surface area contributed by atoms with E-state index >= 15 is 0 Å². The zero-order valence-corrected chi connectivity index (χ0v) is 17.2. The maximum atomic E-state index is 13.1. The van der Waals surface area contributed by atoms with Crippen molar-refractivity contribution in [3.8, 4) is 0 Å². The molecule has 4 heteroatoms. The van der Waals surface area contributed by atoms with Crippen LogP contribution >= 0.6 is 0 Å². The van der Waals surface area contributed by atoms with Crippen LogP contribution in [0.25, 0.3) is 0 Å². The van der Waals surface area contributed by atoms with E-state index < -0.39 is 6.04 Å². The molecule has 0 heterocycles. The maximum Gasteiger partial charge on any atom is 0.242 e. The molecule has 150 valence electrons. The Hall–Kier alpha value is -2.62. The number of carbonyl (C=O) groups is 2. The van der Waals surface area contributed by atoms with E-state index in [0.717, 1.165) is 11.1 Å². The molecule has 2 rings (SSSR count). The Kier molecular flexibility index (Phi) is 8.73. The molecular weight excluding hydrogens is 348 g/mol. The molecule has 1 unspecified atom stereocenters. The molecule has 28 heavy (non-hydrogen) atoms. The predicted octanol–water partition coefficient (Wildman–Crippen LogP) is 4.20. The summed E-state index contributed by atoms with van der Waals surface area (Å²) in [4.78, 5) is 27.6. The van der Waals surface area contributed by atoms with Crippen molar-refractivity contribution in [2.75, 3.05) is 6.54 Å². The molecule has 2 aromatic carbocycles. The molecule has 0 saturated heterocycles. The second-order valence-electron chi connectivity index (χ2n) is 7.56. The first-order chi connectivity index (χ1) is 13.5. The Bertz CT molecular complexity index is 729. The third-order valence-corrected chi connectivity index (χ3v) is 4.74. The largest absolute Gasteiger partial charge is 0.354 e. The Morgan fingerprint density at radius 3 is 2.04 bits per heavy atom. The number of hydrogen-bond acceptors (Lipinski definition) is 2. The number of nitrogens with one attached hydrogen (secondary N) is 1. The molecule has 4 nitrogen and oxygen atoms in total. The lowest BCUT2D eigenvalue weighted by Crippen LogP contribution is -2.49. The van der Waals surface area contributed by atoms with Crippen molar-refractivity contribution < 1.29 is 9.59 Å². The number of nitrogens with zero attached hydrogens (tertiary/aromatic N) is 1. The van der Waals surface area contributed by atoms with E-state index in [1.54, 1.807) is 4.90 Å². The van der Waals surface area contributed by atoms with Crippen LogP contribution in [0.5, 0.6) is 0 Å². The molecule has 0 aliphatic carbocycles. The summed E-state index contributed by atoms with van der Waals surface area (Å²) in [5.74, 6) is 0.317. The SMILES string of the molecule is CCC(C(=O)NCC(C)C)N(Cc1ccccc1)C(=O)CCc1ccccc1. The van der Waals surface area contributed by atoms with Gasteiger partial charge in [-0.1, -0.05) is 81.4 Å². The summed E-state index contributed by atoms with van der Waals surface area (Å²) in [6, 6.07) is 19.4. The van der Waals surface area contributed by atoms with Crippen molar-refractivity contribution in [3.05, 3.63) is 71.8 Å². The minimum atomic E-state index is -0.456. The van der Waals surface area contributed by atoms with Crippen molar-refractivity contribution in [1.29, 1.82) is 0 Å². The van der Waals surface area contributed by atoms with Gasteiger partial charge in [0.1, 0.15) is 6.04 Å². The van der Waals surface area contributed by atoms with Crippen molar-refractivity contribution in [2.45, 2.75) is 52.6 Å². The number of benzene rings is 2. The number of amides is 2. The molecule has 0 aromatic heterocycles. The van der Waals surface area contributed by atoms with E-state index in [-0.39, 0.29) is 11.8 Å². The topological polar surface area (TPSA) is 49.4 Å². The second kappa shape index (κ2) is 11.3. The van der Waals surface area contributed by atoms with E-state index in [0.29, 0.717) is 38.3 Å². The van der Waals surface area contributed by atoms with Crippen LogP contribution in [0.2, 0.25) is 0 Å². The Morgan fingerprint density at radius 1 is 0.929 bits per heavy atom. The summed E-state index contributed by atoms with van der Waals surface area (Å²) in [5.41, 5.74) is 2.17. The highest BCUT2D eigenvalue weighted by Crippen LogP contribution is 2.15. The normalized spacial score (nSPS) is 11.9. The summed E-state index contributed by atoms with van der Waals surface area (Å²) >= 11 is 0. The standard InChI is InChI=1S/C24H32N2O2/c1-4-22(24(28)25-17-19(2)3)26(18-21-13-9-6-10-14-21)23(27)16-15-20-11-7-5-8-12-20/h5-14,19,22H,4,15-18H2,1-3H3,(H,25,28). The predicted molar refractivity (Wildman–Crippen MR) is 114 cm³/mol. The van der Waals surface area contributed by atoms with Crippen LogP contribution in [0, 0.1) is 5.92 Å². The first-order valence-electron chi connectivity index (χ1n) is 10.2. The highest BCUT2D eigenvalue weighted by molar-refractivity contribution is 5.87. The first-order valence-corrected chi connectivity index (χ1v) is 10.2. The minimum Gasteiger partial charge on any atom is -0.354 e. The van der Waals surface area contributed by atoms with Gasteiger partial charge < -0.3 is 10.2 Å². The molecule has 2 aromatic rings. The fraction of sp³-hybridized carbons (Fsp3) is 0.417. The van der Waals surface area contributed by atoms with Gasteiger partial charge in [-0.25, -0.2) is 0 Å². The maximum absolute atomic E-state index is 13.1. The fourth-order valence-corrected chi connectivity index (χ4v) is 3.16. The summed E-state index contributed by atoms with van der Waals surface area (Å²) in [5, 5.41) is 3.00. The summed E-state index contributed by atoms with van der Waals surface area (Å²) in [6.45, 7) is 7.15. The average Bonchev–Trinajstić information content (AvgIpc) is 2.71. The Balaban J connectivity index is 2.14. The molecule has 1 N–H and O–H groups in total. The first kappa shape index (κ1) is 21.7. The van der Waals surface area contributed by atoms with E-state index in [2.05, 4.69) is 19.2 Å². The van der Waals surface area contributed by atoms with E-state index in [4.69, 9.17) is 0 Å². The van der Waals surface area contributed by atoms with E-state index in [1.165, 1.54) is 0 Å². The van der Waals surface area contributed by atoms with Gasteiger partial charge in [-0.2, -0.15) is 0 Å². The molecule has 0 saturated carbocycles. The zero-order chi connectivity index (χ0) is 20.4. The van der Waals surface area contributed by atoms with Crippen molar-refractivity contribution >= 4 is 11.8 Å². The zero-order valence-electron chi connectivity index (χ0n) is 17.2. The van der Waals surface area contributed by atoms with Gasteiger partial charge in [-0.05, 0) is 29.9 Å². The van der Waals surface area contributed by atoms with Crippen LogP contribution in [0.1, 0.15) is 44.7 Å². The number of carbonyl (C=O) groups excluding carboxylic acids is 2. The molecule has 0 spiro atoms. The van der Waals surface area contributed by atoms with E-state index in [1.807, 2.05) is 67.6 Å². The quantitative estimate of drug-likeness (QED) is 0.672. The molecule has 2 amide bonds.